The summed E-state index contributed by atoms with van der Waals surface area (Å²) in [5, 5.41) is 0. The lowest BCUT2D eigenvalue weighted by Gasteiger charge is -2.36. The summed E-state index contributed by atoms with van der Waals surface area (Å²) in [6.45, 7) is 2.36. The molecule has 8 heteroatoms. The zero-order valence-corrected chi connectivity index (χ0v) is 16.2. The number of halogens is 3. The summed E-state index contributed by atoms with van der Waals surface area (Å²) in [6.07, 6.45) is -1.11. The Bertz CT molecular complexity index is 793. The first kappa shape index (κ1) is 19.1. The van der Waals surface area contributed by atoms with Crippen LogP contribution >= 0.6 is 11.8 Å². The Morgan fingerprint density at radius 1 is 1.19 bits per heavy atom. The van der Waals surface area contributed by atoms with E-state index < -0.39 is 11.7 Å². The van der Waals surface area contributed by atoms with Crippen LogP contribution in [-0.2, 0) is 17.5 Å². The highest BCUT2D eigenvalue weighted by molar-refractivity contribution is 7.99. The van der Waals surface area contributed by atoms with Gasteiger partial charge in [0, 0.05) is 38.0 Å². The van der Waals surface area contributed by atoms with Crippen LogP contribution in [0, 0.1) is 0 Å². The number of fused-ring (bicyclic) bond motifs is 1. The molecule has 4 nitrogen and oxygen atoms in total. The van der Waals surface area contributed by atoms with Gasteiger partial charge in [-0.05, 0) is 43.2 Å². The molecule has 148 valence electrons. The fraction of sp³-hybridized carbons (Fsp3) is 0.632. The van der Waals surface area contributed by atoms with Crippen molar-refractivity contribution in [3.05, 3.63) is 29.6 Å². The summed E-state index contributed by atoms with van der Waals surface area (Å²) in [5.41, 5.74) is 0.508. The highest BCUT2D eigenvalue weighted by atomic mass is 32.2. The summed E-state index contributed by atoms with van der Waals surface area (Å²) < 4.78 is 46.5. The van der Waals surface area contributed by atoms with Crippen LogP contribution in [0.1, 0.15) is 36.7 Å². The van der Waals surface area contributed by atoms with E-state index in [1.807, 2.05) is 11.8 Å². The highest BCUT2D eigenvalue weighted by Crippen LogP contribution is 2.35. The van der Waals surface area contributed by atoms with E-state index in [4.69, 9.17) is 4.74 Å². The predicted molar refractivity (Wildman–Crippen MR) is 101 cm³/mol. The minimum Gasteiger partial charge on any atom is -0.377 e. The zero-order chi connectivity index (χ0) is 19.0. The summed E-state index contributed by atoms with van der Waals surface area (Å²) in [6, 6.07) is 4.80. The molecule has 1 aromatic heterocycles. The number of benzene rings is 1. The highest BCUT2D eigenvalue weighted by Gasteiger charge is 2.33. The van der Waals surface area contributed by atoms with E-state index in [1.54, 1.807) is 13.2 Å². The summed E-state index contributed by atoms with van der Waals surface area (Å²) in [4.78, 5) is 7.05. The van der Waals surface area contributed by atoms with Gasteiger partial charge in [-0.2, -0.15) is 24.9 Å². The molecule has 27 heavy (non-hydrogen) atoms. The number of ether oxygens (including phenoxy) is 1. The molecule has 0 radical (unpaired) electrons. The second-order valence-corrected chi connectivity index (χ2v) is 8.47. The summed E-state index contributed by atoms with van der Waals surface area (Å²) >= 11 is 2.02. The molecule has 2 fully saturated rings. The maximum atomic E-state index is 13.1. The molecule has 2 aliphatic rings. The van der Waals surface area contributed by atoms with Crippen molar-refractivity contribution in [3.63, 3.8) is 0 Å². The van der Waals surface area contributed by atoms with Crippen molar-refractivity contribution in [1.29, 1.82) is 0 Å². The molecule has 1 aromatic carbocycles. The molecule has 4 rings (SSSR count). The van der Waals surface area contributed by atoms with Crippen LogP contribution in [-0.4, -0.2) is 52.2 Å². The van der Waals surface area contributed by atoms with Gasteiger partial charge in [-0.15, -0.1) is 0 Å². The third-order valence-corrected chi connectivity index (χ3v) is 6.79. The third-order valence-electron chi connectivity index (χ3n) is 5.65. The van der Waals surface area contributed by atoms with Gasteiger partial charge in [0.05, 0.1) is 16.6 Å². The van der Waals surface area contributed by atoms with E-state index >= 15 is 0 Å². The lowest BCUT2D eigenvalue weighted by molar-refractivity contribution is -0.137. The van der Waals surface area contributed by atoms with Gasteiger partial charge in [0.25, 0.3) is 0 Å². The van der Waals surface area contributed by atoms with Crippen molar-refractivity contribution in [2.75, 3.05) is 31.7 Å². The molecule has 0 saturated carbocycles. The van der Waals surface area contributed by atoms with Crippen LogP contribution in [0.4, 0.5) is 13.2 Å². The third kappa shape index (κ3) is 3.84. The fourth-order valence-corrected chi connectivity index (χ4v) is 5.54. The Hall–Kier alpha value is -1.25. The van der Waals surface area contributed by atoms with Gasteiger partial charge >= 0.3 is 6.18 Å². The molecule has 2 saturated heterocycles. The molecule has 0 bridgehead atoms. The number of hydrogen-bond acceptors (Lipinski definition) is 4. The first-order chi connectivity index (χ1) is 13.0. The molecule has 3 heterocycles. The lowest BCUT2D eigenvalue weighted by Crippen LogP contribution is -2.42. The molecule has 1 atom stereocenters. The normalized spacial score (nSPS) is 22.7. The van der Waals surface area contributed by atoms with Crippen LogP contribution in [0.2, 0.25) is 0 Å². The number of piperidine rings is 1. The van der Waals surface area contributed by atoms with Crippen molar-refractivity contribution in [2.45, 2.75) is 44.1 Å². The van der Waals surface area contributed by atoms with E-state index in [2.05, 4.69) is 14.5 Å². The van der Waals surface area contributed by atoms with Crippen LogP contribution in [0.25, 0.3) is 11.0 Å². The molecular formula is C19H24F3N3OS. The molecule has 0 aliphatic carbocycles. The van der Waals surface area contributed by atoms with Crippen LogP contribution in [0.15, 0.2) is 18.2 Å². The van der Waals surface area contributed by atoms with Crippen molar-refractivity contribution in [1.82, 2.24) is 14.5 Å². The average molecular weight is 399 g/mol. The minimum absolute atomic E-state index is 0.252. The van der Waals surface area contributed by atoms with E-state index in [0.717, 1.165) is 43.6 Å². The number of methoxy groups -OCH3 is 1. The molecular weight excluding hydrogens is 375 g/mol. The van der Waals surface area contributed by atoms with Gasteiger partial charge in [-0.3, -0.25) is 4.90 Å². The maximum absolute atomic E-state index is 13.1. The van der Waals surface area contributed by atoms with Crippen molar-refractivity contribution < 1.29 is 17.9 Å². The maximum Gasteiger partial charge on any atom is 0.416 e. The van der Waals surface area contributed by atoms with Gasteiger partial charge < -0.3 is 9.30 Å². The molecule has 1 unspecified atom stereocenters. The minimum atomic E-state index is -4.36. The van der Waals surface area contributed by atoms with Crippen LogP contribution < -0.4 is 0 Å². The number of thioether (sulfide) groups is 1. The lowest BCUT2D eigenvalue weighted by atomic mass is 10.0. The molecule has 0 amide bonds. The Morgan fingerprint density at radius 3 is 2.59 bits per heavy atom. The smallest absolute Gasteiger partial charge is 0.377 e. The first-order valence-electron chi connectivity index (χ1n) is 9.36. The number of likely N-dealkylation sites (tertiary alicyclic amines) is 1. The Labute approximate surface area is 161 Å². The quantitative estimate of drug-likeness (QED) is 0.765. The monoisotopic (exact) mass is 399 g/mol. The van der Waals surface area contributed by atoms with Gasteiger partial charge in [-0.1, -0.05) is 0 Å². The van der Waals surface area contributed by atoms with Crippen LogP contribution in [0.5, 0.6) is 0 Å². The molecule has 0 spiro atoms. The standard InChI is InChI=1S/C19H24F3N3OS/c1-26-11-18-23-16-10-13(19(20,21)22)2-3-17(16)25(18)14-4-7-24(8-5-14)15-6-9-27-12-15/h2-3,10,14-15H,4-9,11-12H2,1H3. The second-order valence-electron chi connectivity index (χ2n) is 7.32. The number of rotatable bonds is 4. The Kier molecular flexibility index (Phi) is 5.40. The SMILES string of the molecule is COCc1nc2cc(C(F)(F)F)ccc2n1C1CCN(C2CCSC2)CC1. The number of nitrogens with zero attached hydrogens (tertiary/aromatic N) is 3. The van der Waals surface area contributed by atoms with E-state index in [9.17, 15) is 13.2 Å². The van der Waals surface area contributed by atoms with Gasteiger partial charge in [-0.25, -0.2) is 4.98 Å². The molecule has 2 aliphatic heterocycles. The van der Waals surface area contributed by atoms with Crippen molar-refractivity contribution >= 4 is 22.8 Å². The zero-order valence-electron chi connectivity index (χ0n) is 15.3. The topological polar surface area (TPSA) is 30.3 Å². The van der Waals surface area contributed by atoms with Crippen LogP contribution in [0.3, 0.4) is 0 Å². The van der Waals surface area contributed by atoms with Gasteiger partial charge in [0.2, 0.25) is 0 Å². The Morgan fingerprint density at radius 2 is 1.96 bits per heavy atom. The number of aromatic nitrogens is 2. The fourth-order valence-electron chi connectivity index (χ4n) is 4.28. The van der Waals surface area contributed by atoms with E-state index in [-0.39, 0.29) is 6.04 Å². The first-order valence-corrected chi connectivity index (χ1v) is 10.5. The largest absolute Gasteiger partial charge is 0.416 e. The number of hydrogen-bond donors (Lipinski definition) is 0. The van der Waals surface area contributed by atoms with Crippen molar-refractivity contribution in [2.24, 2.45) is 0 Å². The van der Waals surface area contributed by atoms with E-state index in [1.165, 1.54) is 17.9 Å². The van der Waals surface area contributed by atoms with Gasteiger partial charge in [0.1, 0.15) is 12.4 Å². The number of alkyl halides is 3. The molecule has 2 aromatic rings. The summed E-state index contributed by atoms with van der Waals surface area (Å²) in [5.74, 6) is 3.17. The van der Waals surface area contributed by atoms with Crippen molar-refractivity contribution in [3.8, 4) is 0 Å². The number of imidazole rings is 1. The second kappa shape index (κ2) is 7.64. The summed E-state index contributed by atoms with van der Waals surface area (Å²) in [7, 11) is 1.59. The van der Waals surface area contributed by atoms with Gasteiger partial charge in [0.15, 0.2) is 0 Å². The predicted octanol–water partition coefficient (Wildman–Crippen LogP) is 4.34. The average Bonchev–Trinajstić information content (AvgIpc) is 3.28. The Balaban J connectivity index is 1.61. The molecule has 0 N–H and O–H groups in total. The van der Waals surface area contributed by atoms with E-state index in [0.29, 0.717) is 24.0 Å².